The predicted octanol–water partition coefficient (Wildman–Crippen LogP) is 9.14. The molecule has 1 aliphatic heterocycles. The highest BCUT2D eigenvalue weighted by Crippen LogP contribution is 2.39. The normalized spacial score (nSPS) is 21.9. The van der Waals surface area contributed by atoms with Gasteiger partial charge in [-0.05, 0) is 73.9 Å². The summed E-state index contributed by atoms with van der Waals surface area (Å²) in [6.07, 6.45) is 7.41. The Bertz CT molecular complexity index is 1030. The maximum atomic E-state index is 6.95. The van der Waals surface area contributed by atoms with E-state index in [4.69, 9.17) is 40.0 Å². The van der Waals surface area contributed by atoms with Gasteiger partial charge in [0.2, 0.25) is 0 Å². The molecule has 0 radical (unpaired) electrons. The lowest BCUT2D eigenvalue weighted by Gasteiger charge is -2.46. The second-order valence-electron chi connectivity index (χ2n) is 11.7. The van der Waals surface area contributed by atoms with Crippen LogP contribution in [-0.4, -0.2) is 64.1 Å². The van der Waals surface area contributed by atoms with Gasteiger partial charge in [-0.3, -0.25) is 0 Å². The van der Waals surface area contributed by atoms with Gasteiger partial charge in [0.25, 0.3) is 0 Å². The van der Waals surface area contributed by atoms with Crippen molar-refractivity contribution in [1.82, 2.24) is 0 Å². The third kappa shape index (κ3) is 11.6. The van der Waals surface area contributed by atoms with Crippen LogP contribution >= 0.6 is 11.6 Å². The van der Waals surface area contributed by atoms with E-state index in [2.05, 4.69) is 52.0 Å². The lowest BCUT2D eigenvalue weighted by Crippen LogP contribution is -2.58. The fraction of sp³-hybridized carbons (Fsp3) is 0.676. The summed E-state index contributed by atoms with van der Waals surface area (Å²) < 4.78 is 38.6. The summed E-state index contributed by atoms with van der Waals surface area (Å²) in [5.41, 5.74) is 3.25. The van der Waals surface area contributed by atoms with Gasteiger partial charge in [0.1, 0.15) is 36.3 Å². The molecule has 6 nitrogen and oxygen atoms in total. The Hall–Kier alpha value is -1.67. The van der Waals surface area contributed by atoms with Crippen LogP contribution in [0.4, 0.5) is 0 Å². The van der Waals surface area contributed by atoms with Crippen LogP contribution in [0.3, 0.4) is 0 Å². The third-order valence-corrected chi connectivity index (χ3v) is 8.38. The minimum absolute atomic E-state index is 0.279. The topological polar surface area (TPSA) is 55.4 Å². The molecular weight excluding hydrogens is 576 g/mol. The molecule has 3 rings (SSSR count). The van der Waals surface area contributed by atoms with Gasteiger partial charge in [-0.2, -0.15) is 0 Å². The van der Waals surface area contributed by atoms with E-state index < -0.39 is 0 Å². The fourth-order valence-corrected chi connectivity index (χ4v) is 5.61. The molecule has 1 saturated heterocycles. The van der Waals surface area contributed by atoms with E-state index in [9.17, 15) is 0 Å². The number of halogens is 1. The van der Waals surface area contributed by atoms with E-state index in [1.165, 1.54) is 5.56 Å². The van der Waals surface area contributed by atoms with Gasteiger partial charge in [0.05, 0.1) is 13.2 Å². The first-order valence-corrected chi connectivity index (χ1v) is 17.5. The minimum atomic E-state index is -0.347. The molecule has 0 saturated carbocycles. The molecule has 1 fully saturated rings. The summed E-state index contributed by atoms with van der Waals surface area (Å²) in [6, 6.07) is 14.5. The average molecular weight is 633 g/mol. The Labute approximate surface area is 272 Å². The van der Waals surface area contributed by atoms with Gasteiger partial charge < -0.3 is 28.4 Å². The highest BCUT2D eigenvalue weighted by atomic mass is 35.5. The molecule has 0 amide bonds. The Morgan fingerprint density at radius 3 is 1.89 bits per heavy atom. The van der Waals surface area contributed by atoms with Crippen molar-refractivity contribution in [2.24, 2.45) is 0 Å². The Kier molecular flexibility index (Phi) is 17.7. The van der Waals surface area contributed by atoms with Gasteiger partial charge in [0.15, 0.2) is 0 Å². The van der Waals surface area contributed by atoms with Crippen LogP contribution in [0.2, 0.25) is 5.02 Å². The summed E-state index contributed by atoms with van der Waals surface area (Å²) >= 11 is 6.78. The first-order valence-electron chi connectivity index (χ1n) is 17.1. The molecule has 0 spiro atoms. The van der Waals surface area contributed by atoms with Gasteiger partial charge in [-0.1, -0.05) is 89.2 Å². The van der Waals surface area contributed by atoms with Crippen molar-refractivity contribution in [1.29, 1.82) is 0 Å². The van der Waals surface area contributed by atoms with Crippen molar-refractivity contribution in [3.63, 3.8) is 0 Å². The monoisotopic (exact) mass is 632 g/mol. The average Bonchev–Trinajstić information content (AvgIpc) is 3.03. The molecule has 248 valence electrons. The molecule has 2 aromatic rings. The number of hydrogen-bond donors (Lipinski definition) is 0. The van der Waals surface area contributed by atoms with Crippen LogP contribution in [0.1, 0.15) is 109 Å². The zero-order chi connectivity index (χ0) is 31.6. The van der Waals surface area contributed by atoms with E-state index in [1.54, 1.807) is 0 Å². The smallest absolute Gasteiger partial charge is 0.119 e. The first kappa shape index (κ1) is 36.8. The van der Waals surface area contributed by atoms with Crippen molar-refractivity contribution >= 4 is 11.6 Å². The lowest BCUT2D eigenvalue weighted by atomic mass is 9.89. The zero-order valence-corrected chi connectivity index (χ0v) is 28.6. The Morgan fingerprint density at radius 2 is 1.27 bits per heavy atom. The van der Waals surface area contributed by atoms with E-state index in [1.807, 2.05) is 25.1 Å². The van der Waals surface area contributed by atoms with E-state index in [-0.39, 0.29) is 30.5 Å². The van der Waals surface area contributed by atoms with Crippen LogP contribution in [0.25, 0.3) is 0 Å². The molecule has 7 heteroatoms. The second kappa shape index (κ2) is 21.2. The lowest BCUT2D eigenvalue weighted by molar-refractivity contribution is -0.268. The van der Waals surface area contributed by atoms with Crippen molar-refractivity contribution < 1.29 is 28.4 Å². The predicted molar refractivity (Wildman–Crippen MR) is 179 cm³/mol. The molecule has 0 N–H and O–H groups in total. The van der Waals surface area contributed by atoms with Crippen molar-refractivity contribution in [2.45, 2.75) is 123 Å². The van der Waals surface area contributed by atoms with E-state index in [0.29, 0.717) is 46.1 Å². The van der Waals surface area contributed by atoms with E-state index in [0.717, 1.165) is 73.3 Å². The van der Waals surface area contributed by atoms with Crippen LogP contribution in [-0.2, 0) is 30.1 Å². The molecular formula is C37H57ClO6. The number of benzene rings is 2. The summed E-state index contributed by atoms with van der Waals surface area (Å²) in [4.78, 5) is 0. The van der Waals surface area contributed by atoms with Gasteiger partial charge >= 0.3 is 0 Å². The van der Waals surface area contributed by atoms with Crippen LogP contribution in [0, 0.1) is 0 Å². The molecule has 0 bridgehead atoms. The number of rotatable bonds is 22. The van der Waals surface area contributed by atoms with Gasteiger partial charge in [-0.25, -0.2) is 0 Å². The second-order valence-corrected chi connectivity index (χ2v) is 12.1. The molecule has 44 heavy (non-hydrogen) atoms. The van der Waals surface area contributed by atoms with Crippen molar-refractivity contribution in [3.8, 4) is 5.75 Å². The molecule has 0 unspecified atom stereocenters. The van der Waals surface area contributed by atoms with Crippen molar-refractivity contribution in [3.05, 3.63) is 64.2 Å². The third-order valence-electron chi connectivity index (χ3n) is 8.01. The molecule has 1 heterocycles. The molecule has 0 aromatic heterocycles. The molecule has 0 aliphatic carbocycles. The summed E-state index contributed by atoms with van der Waals surface area (Å²) in [6.45, 7) is 14.5. The van der Waals surface area contributed by atoms with Gasteiger partial charge in [-0.15, -0.1) is 0 Å². The first-order chi connectivity index (χ1) is 21.6. The summed E-state index contributed by atoms with van der Waals surface area (Å²) in [5, 5.41) is 0.734. The number of hydrogen-bond acceptors (Lipinski definition) is 6. The quantitative estimate of drug-likeness (QED) is 0.121. The van der Waals surface area contributed by atoms with Gasteiger partial charge in [0, 0.05) is 31.5 Å². The molecule has 2 aromatic carbocycles. The maximum absolute atomic E-state index is 6.95. The summed E-state index contributed by atoms with van der Waals surface area (Å²) in [5.74, 6) is 0.871. The minimum Gasteiger partial charge on any atom is -0.494 e. The fourth-order valence-electron chi connectivity index (χ4n) is 5.42. The number of ether oxygens (including phenoxy) is 6. The number of unbranched alkanes of at least 4 members (excludes halogenated alkanes) is 4. The standard InChI is InChI=1S/C37H57ClO6/c1-6-11-21-39-27-33-35(41-22-12-7-2)37(43-24-14-9-4)36(42-23-13-8-3)34(44-33)29-17-20-32(38)30(26-29)25-28-15-18-31(19-16-28)40-10-5/h15-20,26,33-37H,6-14,21-25,27H2,1-5H3/t33-,34+,35-,36+,37-/m1/s1. The van der Waals surface area contributed by atoms with Crippen LogP contribution in [0.5, 0.6) is 5.75 Å². The largest absolute Gasteiger partial charge is 0.494 e. The Balaban J connectivity index is 1.96. The van der Waals surface area contributed by atoms with Crippen LogP contribution in [0.15, 0.2) is 42.5 Å². The highest BCUT2D eigenvalue weighted by molar-refractivity contribution is 6.31. The SMILES string of the molecule is CCCCOC[C@H]1O[C@@H](c2ccc(Cl)c(Cc3ccc(OCC)cc3)c2)[C@H](OCCCC)[C@H](OCCCC)[C@@H]1OCCCC. The zero-order valence-electron chi connectivity index (χ0n) is 27.9. The van der Waals surface area contributed by atoms with Crippen LogP contribution < -0.4 is 4.74 Å². The maximum Gasteiger partial charge on any atom is 0.119 e. The van der Waals surface area contributed by atoms with E-state index >= 15 is 0 Å². The highest BCUT2D eigenvalue weighted by Gasteiger charge is 2.48. The summed E-state index contributed by atoms with van der Waals surface area (Å²) in [7, 11) is 0. The van der Waals surface area contributed by atoms with Crippen molar-refractivity contribution in [2.75, 3.05) is 39.6 Å². The Morgan fingerprint density at radius 1 is 0.682 bits per heavy atom. The molecule has 1 aliphatic rings. The molecule has 5 atom stereocenters.